The lowest BCUT2D eigenvalue weighted by molar-refractivity contribution is 0.414. The van der Waals surface area contributed by atoms with E-state index >= 15 is 0 Å². The normalized spacial score (nSPS) is 13.2. The Morgan fingerprint density at radius 2 is 1.00 bits per heavy atom. The van der Waals surface area contributed by atoms with Crippen molar-refractivity contribution >= 4 is 11.3 Å². The molecule has 0 atom stereocenters. The second-order valence-electron chi connectivity index (χ2n) is 7.67. The van der Waals surface area contributed by atoms with Gasteiger partial charge in [-0.25, -0.2) is 0 Å². The van der Waals surface area contributed by atoms with Gasteiger partial charge in [0.1, 0.15) is 0 Å². The van der Waals surface area contributed by atoms with Crippen molar-refractivity contribution in [2.24, 2.45) is 10.8 Å². The van der Waals surface area contributed by atoms with Crippen LogP contribution in [0.25, 0.3) is 0 Å². The summed E-state index contributed by atoms with van der Waals surface area (Å²) in [5, 5.41) is 0. The Morgan fingerprint density at radius 1 is 0.706 bits per heavy atom. The van der Waals surface area contributed by atoms with Gasteiger partial charge in [0.15, 0.2) is 0 Å². The van der Waals surface area contributed by atoms with E-state index in [-0.39, 0.29) is 0 Å². The molecule has 1 heteroatoms. The molecule has 1 aromatic rings. The van der Waals surface area contributed by atoms with Crippen LogP contribution in [0.5, 0.6) is 0 Å². The fraction of sp³-hybridized carbons (Fsp3) is 0.750. The van der Waals surface area contributed by atoms with Crippen LogP contribution in [-0.4, -0.2) is 0 Å². The van der Waals surface area contributed by atoms with Gasteiger partial charge in [-0.2, -0.15) is 0 Å². The van der Waals surface area contributed by atoms with Gasteiger partial charge in [0.05, 0.1) is 0 Å². The van der Waals surface area contributed by atoms with Gasteiger partial charge in [-0.05, 0) is 48.6 Å². The molecule has 0 aromatic carbocycles. The first-order valence-corrected chi connectivity index (χ1v) is 7.39. The molecular formula is C16H28S. The van der Waals surface area contributed by atoms with Crippen molar-refractivity contribution in [3.8, 4) is 0 Å². The Morgan fingerprint density at radius 3 is 1.24 bits per heavy atom. The van der Waals surface area contributed by atoms with E-state index in [1.54, 1.807) is 9.75 Å². The Hall–Kier alpha value is -0.300. The zero-order valence-corrected chi connectivity index (χ0v) is 13.6. The molecule has 0 saturated carbocycles. The minimum absolute atomic E-state index is 0.390. The Bertz CT molecular complexity index is 346. The highest BCUT2D eigenvalue weighted by Crippen LogP contribution is 2.35. The molecule has 0 radical (unpaired) electrons. The highest BCUT2D eigenvalue weighted by Gasteiger charge is 2.20. The third-order valence-electron chi connectivity index (χ3n) is 3.03. The summed E-state index contributed by atoms with van der Waals surface area (Å²) < 4.78 is 0. The SMILES string of the molecule is Cc1c(CC(C)(C)C)sc(CC(C)(C)C)c1C. The largest absolute Gasteiger partial charge is 0.145 e. The molecule has 0 N–H and O–H groups in total. The monoisotopic (exact) mass is 252 g/mol. The van der Waals surface area contributed by atoms with Crippen LogP contribution >= 0.6 is 11.3 Å². The van der Waals surface area contributed by atoms with E-state index < -0.39 is 0 Å². The van der Waals surface area contributed by atoms with Crippen molar-refractivity contribution in [1.29, 1.82) is 0 Å². The number of hydrogen-bond acceptors (Lipinski definition) is 1. The molecule has 0 nitrogen and oxygen atoms in total. The first-order valence-electron chi connectivity index (χ1n) is 6.57. The molecule has 1 aromatic heterocycles. The summed E-state index contributed by atoms with van der Waals surface area (Å²) in [4.78, 5) is 3.18. The molecule has 0 bridgehead atoms. The number of thiophene rings is 1. The Kier molecular flexibility index (Phi) is 4.13. The van der Waals surface area contributed by atoms with Gasteiger partial charge in [0.2, 0.25) is 0 Å². The molecule has 0 spiro atoms. The molecule has 98 valence electrons. The lowest BCUT2D eigenvalue weighted by atomic mass is 9.88. The molecule has 0 unspecified atom stereocenters. The zero-order chi connectivity index (χ0) is 13.4. The van der Waals surface area contributed by atoms with E-state index in [0.717, 1.165) is 0 Å². The van der Waals surface area contributed by atoms with Crippen molar-refractivity contribution in [2.45, 2.75) is 68.2 Å². The van der Waals surface area contributed by atoms with Crippen molar-refractivity contribution in [3.63, 3.8) is 0 Å². The van der Waals surface area contributed by atoms with Gasteiger partial charge in [-0.15, -0.1) is 11.3 Å². The fourth-order valence-electron chi connectivity index (χ4n) is 2.02. The summed E-state index contributed by atoms with van der Waals surface area (Å²) >= 11 is 2.04. The van der Waals surface area contributed by atoms with Crippen LogP contribution < -0.4 is 0 Å². The first-order chi connectivity index (χ1) is 7.49. The lowest BCUT2D eigenvalue weighted by Gasteiger charge is -2.18. The van der Waals surface area contributed by atoms with Crippen LogP contribution in [0.3, 0.4) is 0 Å². The minimum atomic E-state index is 0.390. The smallest absolute Gasteiger partial charge is 0.00853 e. The molecule has 0 amide bonds. The quantitative estimate of drug-likeness (QED) is 0.648. The molecule has 0 saturated heterocycles. The van der Waals surface area contributed by atoms with Crippen molar-refractivity contribution in [3.05, 3.63) is 20.9 Å². The predicted octanol–water partition coefficient (Wildman–Crippen LogP) is 5.54. The van der Waals surface area contributed by atoms with Gasteiger partial charge >= 0.3 is 0 Å². The summed E-state index contributed by atoms with van der Waals surface area (Å²) in [7, 11) is 0. The van der Waals surface area contributed by atoms with Crippen LogP contribution in [0.1, 0.15) is 62.4 Å². The lowest BCUT2D eigenvalue weighted by Crippen LogP contribution is -2.08. The standard InChI is InChI=1S/C16H28S/c1-11-12(2)14(10-16(6,7)8)17-13(11)9-15(3,4)5/h9-10H2,1-8H3. The maximum Gasteiger partial charge on any atom is 0.00853 e. The highest BCUT2D eigenvalue weighted by molar-refractivity contribution is 7.12. The third-order valence-corrected chi connectivity index (χ3v) is 4.42. The van der Waals surface area contributed by atoms with Crippen LogP contribution in [0.15, 0.2) is 0 Å². The van der Waals surface area contributed by atoms with E-state index in [9.17, 15) is 0 Å². The number of hydrogen-bond donors (Lipinski definition) is 0. The van der Waals surface area contributed by atoms with E-state index in [1.807, 2.05) is 11.3 Å². The molecule has 17 heavy (non-hydrogen) atoms. The molecule has 1 rings (SSSR count). The molecule has 0 aliphatic heterocycles. The van der Waals surface area contributed by atoms with E-state index in [2.05, 4.69) is 55.4 Å². The van der Waals surface area contributed by atoms with Gasteiger partial charge in [0, 0.05) is 9.75 Å². The van der Waals surface area contributed by atoms with E-state index in [4.69, 9.17) is 0 Å². The molecule has 1 heterocycles. The summed E-state index contributed by atoms with van der Waals surface area (Å²) in [6.45, 7) is 18.5. The maximum absolute atomic E-state index is 2.32. The average molecular weight is 252 g/mol. The maximum atomic E-state index is 2.32. The molecule has 0 fully saturated rings. The van der Waals surface area contributed by atoms with Gasteiger partial charge in [-0.1, -0.05) is 41.5 Å². The fourth-order valence-corrected chi connectivity index (χ4v) is 3.94. The van der Waals surface area contributed by atoms with Crippen molar-refractivity contribution < 1.29 is 0 Å². The zero-order valence-electron chi connectivity index (χ0n) is 12.8. The summed E-state index contributed by atoms with van der Waals surface area (Å²) in [5.41, 5.74) is 3.84. The van der Waals surface area contributed by atoms with Crippen LogP contribution in [0, 0.1) is 24.7 Å². The predicted molar refractivity (Wildman–Crippen MR) is 80.1 cm³/mol. The Balaban J connectivity index is 3.00. The van der Waals surface area contributed by atoms with Gasteiger partial charge in [-0.3, -0.25) is 0 Å². The summed E-state index contributed by atoms with van der Waals surface area (Å²) in [6.07, 6.45) is 2.41. The summed E-state index contributed by atoms with van der Waals surface area (Å²) in [6, 6.07) is 0. The molecule has 0 aliphatic carbocycles. The highest BCUT2D eigenvalue weighted by atomic mass is 32.1. The minimum Gasteiger partial charge on any atom is -0.145 e. The number of rotatable bonds is 2. The Labute approximate surface area is 111 Å². The van der Waals surface area contributed by atoms with Crippen LogP contribution in [0.2, 0.25) is 0 Å². The van der Waals surface area contributed by atoms with E-state index in [0.29, 0.717) is 10.8 Å². The second-order valence-corrected chi connectivity index (χ2v) is 8.86. The third kappa shape index (κ3) is 4.46. The van der Waals surface area contributed by atoms with Crippen molar-refractivity contribution in [2.75, 3.05) is 0 Å². The van der Waals surface area contributed by atoms with E-state index in [1.165, 1.54) is 24.0 Å². The van der Waals surface area contributed by atoms with Crippen molar-refractivity contribution in [1.82, 2.24) is 0 Å². The molecule has 0 aliphatic rings. The first kappa shape index (κ1) is 14.8. The van der Waals surface area contributed by atoms with Gasteiger partial charge < -0.3 is 0 Å². The molecular weight excluding hydrogens is 224 g/mol. The van der Waals surface area contributed by atoms with Gasteiger partial charge in [0.25, 0.3) is 0 Å². The topological polar surface area (TPSA) is 0 Å². The van der Waals surface area contributed by atoms with Crippen LogP contribution in [0.4, 0.5) is 0 Å². The summed E-state index contributed by atoms with van der Waals surface area (Å²) in [5.74, 6) is 0. The van der Waals surface area contributed by atoms with Crippen LogP contribution in [-0.2, 0) is 12.8 Å². The average Bonchev–Trinajstić information content (AvgIpc) is 2.28. The second kappa shape index (κ2) is 4.76.